The molecule has 0 saturated heterocycles. The monoisotopic (exact) mass is 407 g/mol. The molecule has 1 fully saturated rings. The maximum Gasteiger partial charge on any atom is 0.269 e. The molecule has 2 aliphatic rings. The number of benzene rings is 1. The summed E-state index contributed by atoms with van der Waals surface area (Å²) in [6, 6.07) is 10.6. The van der Waals surface area contributed by atoms with Crippen LogP contribution < -0.4 is 20.3 Å². The van der Waals surface area contributed by atoms with E-state index < -0.39 is 0 Å². The second-order valence-corrected chi connectivity index (χ2v) is 7.46. The van der Waals surface area contributed by atoms with Crippen molar-refractivity contribution in [3.05, 3.63) is 58.1 Å². The van der Waals surface area contributed by atoms with Gasteiger partial charge in [-0.15, -0.1) is 0 Å². The zero-order chi connectivity index (χ0) is 20.7. The predicted octanol–water partition coefficient (Wildman–Crippen LogP) is 1.68. The van der Waals surface area contributed by atoms with Gasteiger partial charge in [-0.3, -0.25) is 14.3 Å². The Bertz CT molecular complexity index is 1180. The summed E-state index contributed by atoms with van der Waals surface area (Å²) in [7, 11) is 1.72. The fraction of sp³-hybridized carbons (Fsp3) is 0.333. The molecule has 3 heterocycles. The van der Waals surface area contributed by atoms with Gasteiger partial charge in [0.15, 0.2) is 11.5 Å². The zero-order valence-corrected chi connectivity index (χ0v) is 16.5. The van der Waals surface area contributed by atoms with Gasteiger partial charge in [-0.05, 0) is 43.2 Å². The first-order valence-electron chi connectivity index (χ1n) is 9.89. The SMILES string of the molecule is Cn1nc(-c2ccc3c(c2)OCO3)cc1C(=O)NCCn1nc(C2CC2)ccc1=O. The topological polar surface area (TPSA) is 100 Å². The average molecular weight is 407 g/mol. The van der Waals surface area contributed by atoms with Crippen molar-refractivity contribution in [2.45, 2.75) is 25.3 Å². The summed E-state index contributed by atoms with van der Waals surface area (Å²) in [5.41, 5.74) is 2.70. The van der Waals surface area contributed by atoms with Gasteiger partial charge in [0.05, 0.1) is 17.9 Å². The summed E-state index contributed by atoms with van der Waals surface area (Å²) in [4.78, 5) is 24.6. The highest BCUT2D eigenvalue weighted by Gasteiger charge is 2.25. The lowest BCUT2D eigenvalue weighted by atomic mass is 10.1. The molecule has 0 bridgehead atoms. The molecule has 30 heavy (non-hydrogen) atoms. The third kappa shape index (κ3) is 3.54. The van der Waals surface area contributed by atoms with E-state index in [1.165, 1.54) is 9.36 Å². The molecule has 5 rings (SSSR count). The Morgan fingerprint density at radius 3 is 2.80 bits per heavy atom. The first-order valence-corrected chi connectivity index (χ1v) is 9.89. The van der Waals surface area contributed by atoms with Crippen molar-refractivity contribution in [1.29, 1.82) is 0 Å². The van der Waals surface area contributed by atoms with Gasteiger partial charge in [-0.2, -0.15) is 10.2 Å². The highest BCUT2D eigenvalue weighted by Crippen LogP contribution is 2.38. The molecule has 1 aliphatic carbocycles. The number of fused-ring (bicyclic) bond motifs is 1. The minimum atomic E-state index is -0.261. The average Bonchev–Trinajstić information content (AvgIpc) is 3.35. The summed E-state index contributed by atoms with van der Waals surface area (Å²) in [6.07, 6.45) is 2.24. The second kappa shape index (κ2) is 7.33. The van der Waals surface area contributed by atoms with Crippen LogP contribution in [0.3, 0.4) is 0 Å². The van der Waals surface area contributed by atoms with Gasteiger partial charge in [-0.25, -0.2) is 4.68 Å². The van der Waals surface area contributed by atoms with E-state index in [-0.39, 0.29) is 18.3 Å². The molecular weight excluding hydrogens is 386 g/mol. The molecule has 2 aromatic heterocycles. The van der Waals surface area contributed by atoms with Gasteiger partial charge in [-0.1, -0.05) is 0 Å². The quantitative estimate of drug-likeness (QED) is 0.667. The van der Waals surface area contributed by atoms with E-state index in [0.717, 1.165) is 24.1 Å². The van der Waals surface area contributed by atoms with Crippen LogP contribution in [0.1, 0.15) is 34.9 Å². The van der Waals surface area contributed by atoms with Crippen LogP contribution in [-0.2, 0) is 13.6 Å². The van der Waals surface area contributed by atoms with Crippen molar-refractivity contribution in [1.82, 2.24) is 24.9 Å². The van der Waals surface area contributed by atoms with Gasteiger partial charge in [0, 0.05) is 31.1 Å². The van der Waals surface area contributed by atoms with Crippen molar-refractivity contribution in [2.75, 3.05) is 13.3 Å². The van der Waals surface area contributed by atoms with Crippen LogP contribution in [0.4, 0.5) is 0 Å². The Hall–Kier alpha value is -3.62. The normalized spacial score (nSPS) is 14.7. The second-order valence-electron chi connectivity index (χ2n) is 7.46. The summed E-state index contributed by atoms with van der Waals surface area (Å²) in [5.74, 6) is 1.57. The first kappa shape index (κ1) is 18.4. The smallest absolute Gasteiger partial charge is 0.269 e. The van der Waals surface area contributed by atoms with Crippen LogP contribution >= 0.6 is 0 Å². The minimum Gasteiger partial charge on any atom is -0.454 e. The number of nitrogens with zero attached hydrogens (tertiary/aromatic N) is 4. The van der Waals surface area contributed by atoms with Crippen molar-refractivity contribution in [2.24, 2.45) is 7.05 Å². The van der Waals surface area contributed by atoms with Crippen LogP contribution in [0.5, 0.6) is 11.5 Å². The fourth-order valence-electron chi connectivity index (χ4n) is 3.46. The molecular formula is C21H21N5O4. The molecule has 0 unspecified atom stereocenters. The van der Waals surface area contributed by atoms with E-state index in [2.05, 4.69) is 15.5 Å². The van der Waals surface area contributed by atoms with Crippen LogP contribution in [-0.4, -0.2) is 38.8 Å². The van der Waals surface area contributed by atoms with E-state index >= 15 is 0 Å². The Morgan fingerprint density at radius 1 is 1.13 bits per heavy atom. The Labute approximate surface area is 172 Å². The number of carbonyl (C=O) groups is 1. The Balaban J connectivity index is 1.26. The molecule has 154 valence electrons. The number of aromatic nitrogens is 4. The summed E-state index contributed by atoms with van der Waals surface area (Å²) in [5, 5.41) is 11.7. The van der Waals surface area contributed by atoms with Gasteiger partial charge in [0.1, 0.15) is 5.69 Å². The lowest BCUT2D eigenvalue weighted by molar-refractivity contribution is 0.0942. The maximum absolute atomic E-state index is 12.6. The third-order valence-electron chi connectivity index (χ3n) is 5.27. The van der Waals surface area contributed by atoms with Crippen molar-refractivity contribution in [3.8, 4) is 22.8 Å². The summed E-state index contributed by atoms with van der Waals surface area (Å²) < 4.78 is 13.7. The predicted molar refractivity (Wildman–Crippen MR) is 108 cm³/mol. The highest BCUT2D eigenvalue weighted by molar-refractivity contribution is 5.93. The lowest BCUT2D eigenvalue weighted by Crippen LogP contribution is -2.33. The standard InChI is InChI=1S/C21H21N5O4/c1-25-17(11-16(23-25)14-4-6-18-19(10-14)30-12-29-18)21(28)22-8-9-26-20(27)7-5-15(24-26)13-2-3-13/h4-7,10-11,13H,2-3,8-9,12H2,1H3,(H,22,28). The molecule has 1 aromatic carbocycles. The van der Waals surface area contributed by atoms with Crippen LogP contribution in [0.15, 0.2) is 41.2 Å². The highest BCUT2D eigenvalue weighted by atomic mass is 16.7. The molecule has 1 amide bonds. The summed E-state index contributed by atoms with van der Waals surface area (Å²) >= 11 is 0. The Morgan fingerprint density at radius 2 is 1.97 bits per heavy atom. The molecule has 9 nitrogen and oxygen atoms in total. The molecule has 0 atom stereocenters. The minimum absolute atomic E-state index is 0.167. The van der Waals surface area contributed by atoms with Gasteiger partial charge in [0.2, 0.25) is 6.79 Å². The van der Waals surface area contributed by atoms with Gasteiger partial charge >= 0.3 is 0 Å². The largest absolute Gasteiger partial charge is 0.454 e. The molecule has 1 aliphatic heterocycles. The van der Waals surface area contributed by atoms with Crippen LogP contribution in [0, 0.1) is 0 Å². The molecule has 1 saturated carbocycles. The number of aryl methyl sites for hydroxylation is 1. The number of hydrogen-bond acceptors (Lipinski definition) is 6. The molecule has 9 heteroatoms. The number of amides is 1. The van der Waals surface area contributed by atoms with Gasteiger partial charge < -0.3 is 14.8 Å². The molecule has 1 N–H and O–H groups in total. The number of rotatable bonds is 6. The zero-order valence-electron chi connectivity index (χ0n) is 16.5. The Kier molecular flexibility index (Phi) is 4.50. The number of nitrogens with one attached hydrogen (secondary N) is 1. The van der Waals surface area contributed by atoms with Crippen molar-refractivity contribution < 1.29 is 14.3 Å². The van der Waals surface area contributed by atoms with Crippen LogP contribution in [0.2, 0.25) is 0 Å². The lowest BCUT2D eigenvalue weighted by Gasteiger charge is -2.08. The number of hydrogen-bond donors (Lipinski definition) is 1. The molecule has 0 spiro atoms. The van der Waals surface area contributed by atoms with Crippen LogP contribution in [0.25, 0.3) is 11.3 Å². The first-order chi connectivity index (χ1) is 14.6. The van der Waals surface area contributed by atoms with E-state index in [4.69, 9.17) is 9.47 Å². The van der Waals surface area contributed by atoms with Crippen molar-refractivity contribution in [3.63, 3.8) is 0 Å². The number of ether oxygens (including phenoxy) is 2. The third-order valence-corrected chi connectivity index (χ3v) is 5.27. The van der Waals surface area contributed by atoms with E-state index in [1.807, 2.05) is 18.2 Å². The van der Waals surface area contributed by atoms with Gasteiger partial charge in [0.25, 0.3) is 11.5 Å². The fourth-order valence-corrected chi connectivity index (χ4v) is 3.46. The molecule has 3 aromatic rings. The summed E-state index contributed by atoms with van der Waals surface area (Å²) in [6.45, 7) is 0.818. The number of carbonyl (C=O) groups excluding carboxylic acids is 1. The molecule has 0 radical (unpaired) electrons. The van der Waals surface area contributed by atoms with E-state index in [1.54, 1.807) is 25.2 Å². The van der Waals surface area contributed by atoms with E-state index in [0.29, 0.717) is 41.9 Å². The van der Waals surface area contributed by atoms with E-state index in [9.17, 15) is 9.59 Å². The maximum atomic E-state index is 12.6. The van der Waals surface area contributed by atoms with Crippen molar-refractivity contribution >= 4 is 5.91 Å².